The molecule has 0 aromatic carbocycles. The average molecular weight is 268 g/mol. The monoisotopic (exact) mass is 268 g/mol. The second-order valence-electron chi connectivity index (χ2n) is 6.42. The predicted octanol–water partition coefficient (Wildman–Crippen LogP) is 4.89. The van der Waals surface area contributed by atoms with Gasteiger partial charge in [-0.1, -0.05) is 58.3 Å². The quantitative estimate of drug-likeness (QED) is 0.567. The summed E-state index contributed by atoms with van der Waals surface area (Å²) in [4.78, 5) is 0. The van der Waals surface area contributed by atoms with Crippen LogP contribution in [0.5, 0.6) is 0 Å². The molecule has 0 aliphatic carbocycles. The Hall–Kier alpha value is -0.0800. The molecule has 1 rings (SSSR count). The minimum atomic E-state index is 0.720. The molecule has 1 heterocycles. The molecule has 0 bridgehead atoms. The number of nitrogens with zero attached hydrogens (tertiary/aromatic N) is 1. The molecule has 2 unspecified atom stereocenters. The van der Waals surface area contributed by atoms with Crippen molar-refractivity contribution in [1.82, 2.24) is 10.4 Å². The van der Waals surface area contributed by atoms with Crippen molar-refractivity contribution in [2.24, 2.45) is 0 Å². The molecule has 0 spiro atoms. The van der Waals surface area contributed by atoms with E-state index in [1.807, 2.05) is 0 Å². The number of piperidine rings is 1. The zero-order valence-electron chi connectivity index (χ0n) is 13.6. The van der Waals surface area contributed by atoms with E-state index < -0.39 is 0 Å². The van der Waals surface area contributed by atoms with Crippen LogP contribution >= 0.6 is 0 Å². The largest absolute Gasteiger partial charge is 0.255 e. The summed E-state index contributed by atoms with van der Waals surface area (Å²) in [5.74, 6) is 0. The standard InChI is InChI=1S/C17H36N2/c1-4-5-6-7-8-9-10-11-15-18-19-16(2)13-12-14-17(19)3/h16-18H,4-15H2,1-3H3. The predicted molar refractivity (Wildman–Crippen MR) is 85.2 cm³/mol. The first kappa shape index (κ1) is 17.0. The van der Waals surface area contributed by atoms with Crippen molar-refractivity contribution in [1.29, 1.82) is 0 Å². The van der Waals surface area contributed by atoms with Gasteiger partial charge in [0.05, 0.1) is 0 Å². The van der Waals surface area contributed by atoms with E-state index in [2.05, 4.69) is 31.2 Å². The highest BCUT2D eigenvalue weighted by molar-refractivity contribution is 4.76. The van der Waals surface area contributed by atoms with Crippen LogP contribution in [0.4, 0.5) is 0 Å². The maximum absolute atomic E-state index is 3.67. The third kappa shape index (κ3) is 7.31. The Balaban J connectivity index is 1.92. The van der Waals surface area contributed by atoms with E-state index in [1.165, 1.54) is 77.2 Å². The summed E-state index contributed by atoms with van der Waals surface area (Å²) >= 11 is 0. The normalized spacial score (nSPS) is 24.8. The smallest absolute Gasteiger partial charge is 0.0218 e. The number of nitrogens with one attached hydrogen (secondary N) is 1. The Morgan fingerprint density at radius 2 is 1.37 bits per heavy atom. The van der Waals surface area contributed by atoms with Crippen molar-refractivity contribution < 1.29 is 0 Å². The van der Waals surface area contributed by atoms with E-state index >= 15 is 0 Å². The minimum Gasteiger partial charge on any atom is -0.255 e. The SMILES string of the molecule is CCCCCCCCCCNN1C(C)CCCC1C. The summed E-state index contributed by atoms with van der Waals surface area (Å²) in [6, 6.07) is 1.44. The summed E-state index contributed by atoms with van der Waals surface area (Å²) in [6.45, 7) is 8.17. The third-order valence-electron chi connectivity index (χ3n) is 4.52. The van der Waals surface area contributed by atoms with Crippen LogP contribution in [0.3, 0.4) is 0 Å². The first-order chi connectivity index (χ1) is 9.25. The Bertz CT molecular complexity index is 195. The molecule has 19 heavy (non-hydrogen) atoms. The molecule has 0 aromatic heterocycles. The number of unbranched alkanes of at least 4 members (excludes halogenated alkanes) is 7. The Kier molecular flexibility index (Phi) is 9.54. The van der Waals surface area contributed by atoms with Crippen molar-refractivity contribution in [2.45, 2.75) is 103 Å². The first-order valence-electron chi connectivity index (χ1n) is 8.77. The van der Waals surface area contributed by atoms with Gasteiger partial charge in [0.1, 0.15) is 0 Å². The van der Waals surface area contributed by atoms with Crippen LogP contribution in [0.25, 0.3) is 0 Å². The number of hydrazine groups is 1. The zero-order chi connectivity index (χ0) is 13.9. The molecule has 1 saturated heterocycles. The van der Waals surface area contributed by atoms with E-state index in [0.29, 0.717) is 0 Å². The van der Waals surface area contributed by atoms with E-state index in [1.54, 1.807) is 0 Å². The fourth-order valence-corrected chi connectivity index (χ4v) is 3.20. The van der Waals surface area contributed by atoms with Gasteiger partial charge in [-0.05, 0) is 33.1 Å². The van der Waals surface area contributed by atoms with Gasteiger partial charge in [0.15, 0.2) is 0 Å². The molecular weight excluding hydrogens is 232 g/mol. The van der Waals surface area contributed by atoms with Crippen LogP contribution in [-0.4, -0.2) is 23.6 Å². The number of hydrogen-bond donors (Lipinski definition) is 1. The minimum absolute atomic E-state index is 0.720. The summed E-state index contributed by atoms with van der Waals surface area (Å²) in [5, 5.41) is 2.50. The molecular formula is C17H36N2. The van der Waals surface area contributed by atoms with Gasteiger partial charge in [-0.15, -0.1) is 0 Å². The van der Waals surface area contributed by atoms with Crippen LogP contribution < -0.4 is 5.43 Å². The average Bonchev–Trinajstić information content (AvgIpc) is 2.40. The van der Waals surface area contributed by atoms with Gasteiger partial charge in [-0.25, -0.2) is 5.01 Å². The van der Waals surface area contributed by atoms with Crippen molar-refractivity contribution in [3.05, 3.63) is 0 Å². The van der Waals surface area contributed by atoms with E-state index in [0.717, 1.165) is 12.1 Å². The van der Waals surface area contributed by atoms with Gasteiger partial charge in [0.25, 0.3) is 0 Å². The second-order valence-corrected chi connectivity index (χ2v) is 6.42. The van der Waals surface area contributed by atoms with Crippen molar-refractivity contribution >= 4 is 0 Å². The molecule has 0 amide bonds. The molecule has 2 heteroatoms. The lowest BCUT2D eigenvalue weighted by atomic mass is 10.00. The molecule has 1 aliphatic rings. The van der Waals surface area contributed by atoms with Gasteiger partial charge in [0.2, 0.25) is 0 Å². The zero-order valence-corrected chi connectivity index (χ0v) is 13.6. The van der Waals surface area contributed by atoms with Gasteiger partial charge in [-0.3, -0.25) is 5.43 Å². The highest BCUT2D eigenvalue weighted by Crippen LogP contribution is 2.20. The lowest BCUT2D eigenvalue weighted by Crippen LogP contribution is -2.52. The van der Waals surface area contributed by atoms with Gasteiger partial charge < -0.3 is 0 Å². The Morgan fingerprint density at radius 3 is 1.95 bits per heavy atom. The van der Waals surface area contributed by atoms with Crippen LogP contribution in [0.1, 0.15) is 91.4 Å². The molecule has 1 fully saturated rings. The number of hydrogen-bond acceptors (Lipinski definition) is 2. The summed E-state index contributed by atoms with van der Waals surface area (Å²) < 4.78 is 0. The van der Waals surface area contributed by atoms with Crippen LogP contribution in [0.15, 0.2) is 0 Å². The topological polar surface area (TPSA) is 15.3 Å². The van der Waals surface area contributed by atoms with Crippen molar-refractivity contribution in [3.63, 3.8) is 0 Å². The highest BCUT2D eigenvalue weighted by Gasteiger charge is 2.23. The van der Waals surface area contributed by atoms with E-state index in [4.69, 9.17) is 0 Å². The Labute approximate surface area is 121 Å². The molecule has 0 radical (unpaired) electrons. The molecule has 2 nitrogen and oxygen atoms in total. The maximum atomic E-state index is 3.67. The second kappa shape index (κ2) is 10.7. The number of rotatable bonds is 10. The van der Waals surface area contributed by atoms with E-state index in [9.17, 15) is 0 Å². The van der Waals surface area contributed by atoms with Crippen LogP contribution in [-0.2, 0) is 0 Å². The van der Waals surface area contributed by atoms with Crippen molar-refractivity contribution in [2.75, 3.05) is 6.54 Å². The highest BCUT2D eigenvalue weighted by atomic mass is 15.5. The summed E-state index contributed by atoms with van der Waals surface area (Å²) in [5.41, 5.74) is 3.67. The summed E-state index contributed by atoms with van der Waals surface area (Å²) in [6.07, 6.45) is 15.4. The summed E-state index contributed by atoms with van der Waals surface area (Å²) in [7, 11) is 0. The molecule has 2 atom stereocenters. The fourth-order valence-electron chi connectivity index (χ4n) is 3.20. The molecule has 0 aromatic rings. The molecule has 0 saturated carbocycles. The van der Waals surface area contributed by atoms with Gasteiger partial charge in [0, 0.05) is 18.6 Å². The Morgan fingerprint density at radius 1 is 0.842 bits per heavy atom. The third-order valence-corrected chi connectivity index (χ3v) is 4.52. The lowest BCUT2D eigenvalue weighted by Gasteiger charge is -2.39. The fraction of sp³-hybridized carbons (Fsp3) is 1.00. The van der Waals surface area contributed by atoms with Crippen LogP contribution in [0.2, 0.25) is 0 Å². The van der Waals surface area contributed by atoms with E-state index in [-0.39, 0.29) is 0 Å². The van der Waals surface area contributed by atoms with Gasteiger partial charge in [-0.2, -0.15) is 0 Å². The van der Waals surface area contributed by atoms with Crippen LogP contribution in [0, 0.1) is 0 Å². The van der Waals surface area contributed by atoms with Crippen molar-refractivity contribution in [3.8, 4) is 0 Å². The van der Waals surface area contributed by atoms with Gasteiger partial charge >= 0.3 is 0 Å². The molecule has 1 N–H and O–H groups in total. The maximum Gasteiger partial charge on any atom is 0.0218 e. The molecule has 114 valence electrons. The lowest BCUT2D eigenvalue weighted by molar-refractivity contribution is 0.0459. The molecule has 1 aliphatic heterocycles. The first-order valence-corrected chi connectivity index (χ1v) is 8.77.